The topological polar surface area (TPSA) is 55.8 Å². The van der Waals surface area contributed by atoms with Gasteiger partial charge >= 0.3 is 0 Å². The Labute approximate surface area is 108 Å². The molecule has 1 aromatic carbocycles. The first-order valence-electron chi connectivity index (χ1n) is 5.94. The van der Waals surface area contributed by atoms with Gasteiger partial charge in [0.05, 0.1) is 12.2 Å². The van der Waals surface area contributed by atoms with E-state index in [1.165, 1.54) is 0 Å². The summed E-state index contributed by atoms with van der Waals surface area (Å²) < 4.78 is 0. The molecule has 1 fully saturated rings. The maximum atomic E-state index is 9.00. The molecule has 0 unspecified atom stereocenters. The van der Waals surface area contributed by atoms with Gasteiger partial charge < -0.3 is 5.11 Å². The van der Waals surface area contributed by atoms with Gasteiger partial charge in [-0.2, -0.15) is 0 Å². The summed E-state index contributed by atoms with van der Waals surface area (Å²) in [6.07, 6.45) is 2.22. The van der Waals surface area contributed by atoms with Crippen molar-refractivity contribution in [2.75, 3.05) is 6.61 Å². The smallest absolute Gasteiger partial charge is 0.300 e. The fourth-order valence-corrected chi connectivity index (χ4v) is 1.18. The standard InChI is InChI=1S/C6H12O2.C6H6.C2H4O2/c1-6(2)4-3-5-7-8-6;1-2-4-6-5-3-1;1-2(3)4/h3-5H2,1-2H3;1-6H;1H3,(H,3,4). The molecule has 18 heavy (non-hydrogen) atoms. The van der Waals surface area contributed by atoms with Crippen LogP contribution in [0.15, 0.2) is 36.4 Å². The quantitative estimate of drug-likeness (QED) is 0.722. The van der Waals surface area contributed by atoms with Crippen molar-refractivity contribution in [1.82, 2.24) is 0 Å². The molecule has 1 heterocycles. The molecule has 0 atom stereocenters. The maximum Gasteiger partial charge on any atom is 0.300 e. The average molecular weight is 254 g/mol. The van der Waals surface area contributed by atoms with Gasteiger partial charge in [-0.1, -0.05) is 36.4 Å². The molecule has 1 aromatic rings. The third kappa shape index (κ3) is 12.7. The van der Waals surface area contributed by atoms with Crippen molar-refractivity contribution in [2.45, 2.75) is 39.2 Å². The van der Waals surface area contributed by atoms with Crippen LogP contribution in [0, 0.1) is 0 Å². The second-order valence-electron chi connectivity index (χ2n) is 4.44. The van der Waals surface area contributed by atoms with Crippen LogP contribution < -0.4 is 0 Å². The number of carbonyl (C=O) groups is 1. The van der Waals surface area contributed by atoms with E-state index in [0.717, 1.165) is 26.4 Å². The van der Waals surface area contributed by atoms with Gasteiger partial charge in [-0.05, 0) is 26.7 Å². The van der Waals surface area contributed by atoms with Crippen molar-refractivity contribution in [2.24, 2.45) is 0 Å². The van der Waals surface area contributed by atoms with Crippen molar-refractivity contribution < 1.29 is 19.7 Å². The van der Waals surface area contributed by atoms with Crippen LogP contribution in [0.5, 0.6) is 0 Å². The second kappa shape index (κ2) is 9.62. The van der Waals surface area contributed by atoms with Gasteiger partial charge in [-0.3, -0.25) is 4.79 Å². The molecule has 1 N–H and O–H groups in total. The summed E-state index contributed by atoms with van der Waals surface area (Å²) >= 11 is 0. The van der Waals surface area contributed by atoms with Gasteiger partial charge in [0.2, 0.25) is 0 Å². The van der Waals surface area contributed by atoms with Crippen molar-refractivity contribution in [3.05, 3.63) is 36.4 Å². The number of benzene rings is 1. The van der Waals surface area contributed by atoms with Crippen molar-refractivity contribution in [3.8, 4) is 0 Å². The Balaban J connectivity index is 0.000000257. The van der Waals surface area contributed by atoms with E-state index in [9.17, 15) is 0 Å². The van der Waals surface area contributed by atoms with E-state index in [2.05, 4.69) is 0 Å². The van der Waals surface area contributed by atoms with E-state index in [4.69, 9.17) is 19.7 Å². The predicted octanol–water partition coefficient (Wildman–Crippen LogP) is 3.28. The summed E-state index contributed by atoms with van der Waals surface area (Å²) in [6, 6.07) is 12.0. The van der Waals surface area contributed by atoms with Gasteiger partial charge in [0.25, 0.3) is 5.97 Å². The number of aliphatic carboxylic acids is 1. The first-order valence-corrected chi connectivity index (χ1v) is 5.94. The van der Waals surface area contributed by atoms with Gasteiger partial charge in [0, 0.05) is 6.92 Å². The fourth-order valence-electron chi connectivity index (χ4n) is 1.18. The minimum Gasteiger partial charge on any atom is -0.481 e. The molecule has 0 aliphatic carbocycles. The summed E-state index contributed by atoms with van der Waals surface area (Å²) in [5.74, 6) is -0.833. The van der Waals surface area contributed by atoms with E-state index >= 15 is 0 Å². The average Bonchev–Trinajstić information content (AvgIpc) is 2.31. The van der Waals surface area contributed by atoms with E-state index in [-0.39, 0.29) is 5.60 Å². The molecule has 1 aliphatic heterocycles. The van der Waals surface area contributed by atoms with Gasteiger partial charge in [0.15, 0.2) is 0 Å². The third-order valence-electron chi connectivity index (χ3n) is 1.96. The van der Waals surface area contributed by atoms with Gasteiger partial charge in [-0.15, -0.1) is 0 Å². The van der Waals surface area contributed by atoms with Crippen molar-refractivity contribution >= 4 is 5.97 Å². The Morgan fingerprint density at radius 2 is 1.50 bits per heavy atom. The van der Waals surface area contributed by atoms with Crippen LogP contribution in [0.25, 0.3) is 0 Å². The van der Waals surface area contributed by atoms with Crippen molar-refractivity contribution in [3.63, 3.8) is 0 Å². The third-order valence-corrected chi connectivity index (χ3v) is 1.96. The molecular weight excluding hydrogens is 232 g/mol. The number of carboxylic acids is 1. The first-order chi connectivity index (χ1) is 8.44. The van der Waals surface area contributed by atoms with Crippen LogP contribution in [0.3, 0.4) is 0 Å². The lowest BCUT2D eigenvalue weighted by Crippen LogP contribution is -2.29. The van der Waals surface area contributed by atoms with E-state index in [0.29, 0.717) is 0 Å². The second-order valence-corrected chi connectivity index (χ2v) is 4.44. The van der Waals surface area contributed by atoms with E-state index < -0.39 is 5.97 Å². The van der Waals surface area contributed by atoms with Crippen molar-refractivity contribution in [1.29, 1.82) is 0 Å². The van der Waals surface area contributed by atoms with E-state index in [1.807, 2.05) is 50.2 Å². The summed E-state index contributed by atoms with van der Waals surface area (Å²) in [4.78, 5) is 18.8. The zero-order valence-electron chi connectivity index (χ0n) is 11.3. The van der Waals surface area contributed by atoms with Gasteiger partial charge in [0.1, 0.15) is 0 Å². The number of hydrogen-bond acceptors (Lipinski definition) is 3. The Morgan fingerprint density at radius 1 is 1.11 bits per heavy atom. The molecule has 0 spiro atoms. The van der Waals surface area contributed by atoms with Crippen LogP contribution in [0.2, 0.25) is 0 Å². The Morgan fingerprint density at radius 3 is 1.67 bits per heavy atom. The molecule has 102 valence electrons. The molecule has 4 heteroatoms. The molecule has 1 saturated heterocycles. The molecular formula is C14H22O4. The van der Waals surface area contributed by atoms with Crippen LogP contribution >= 0.6 is 0 Å². The molecule has 2 rings (SSSR count). The molecule has 4 nitrogen and oxygen atoms in total. The van der Waals surface area contributed by atoms with Crippen LogP contribution in [-0.4, -0.2) is 23.3 Å². The minimum atomic E-state index is -0.833. The highest BCUT2D eigenvalue weighted by molar-refractivity contribution is 5.62. The highest BCUT2D eigenvalue weighted by Crippen LogP contribution is 2.20. The Kier molecular flexibility index (Phi) is 8.88. The SMILES string of the molecule is CC(=O)O.CC1(C)CCCOO1.c1ccccc1. The summed E-state index contributed by atoms with van der Waals surface area (Å²) in [5.41, 5.74) is -0.0434. The Hall–Kier alpha value is -1.39. The first kappa shape index (κ1) is 16.6. The maximum absolute atomic E-state index is 9.00. The molecule has 0 radical (unpaired) electrons. The lowest BCUT2D eigenvalue weighted by molar-refractivity contribution is -0.374. The minimum absolute atomic E-state index is 0.0434. The highest BCUT2D eigenvalue weighted by Gasteiger charge is 2.22. The molecule has 1 aliphatic rings. The van der Waals surface area contributed by atoms with E-state index in [1.54, 1.807) is 0 Å². The zero-order valence-corrected chi connectivity index (χ0v) is 11.3. The summed E-state index contributed by atoms with van der Waals surface area (Å²) in [5, 5.41) is 7.42. The van der Waals surface area contributed by atoms with Crippen LogP contribution in [0.4, 0.5) is 0 Å². The normalized spacial score (nSPS) is 16.4. The fraction of sp³-hybridized carbons (Fsp3) is 0.500. The monoisotopic (exact) mass is 254 g/mol. The molecule has 0 aromatic heterocycles. The lowest BCUT2D eigenvalue weighted by atomic mass is 10.0. The summed E-state index contributed by atoms with van der Waals surface area (Å²) in [7, 11) is 0. The number of carboxylic acid groups (broad SMARTS) is 1. The predicted molar refractivity (Wildman–Crippen MR) is 70.1 cm³/mol. The van der Waals surface area contributed by atoms with Gasteiger partial charge in [-0.25, -0.2) is 9.78 Å². The number of hydrogen-bond donors (Lipinski definition) is 1. The largest absolute Gasteiger partial charge is 0.481 e. The zero-order chi connectivity index (χ0) is 13.9. The lowest BCUT2D eigenvalue weighted by Gasteiger charge is -2.27. The van der Waals surface area contributed by atoms with Crippen LogP contribution in [0.1, 0.15) is 33.6 Å². The molecule has 0 bridgehead atoms. The molecule has 0 saturated carbocycles. The highest BCUT2D eigenvalue weighted by atomic mass is 17.2. The number of rotatable bonds is 0. The van der Waals surface area contributed by atoms with Crippen LogP contribution in [-0.2, 0) is 14.6 Å². The summed E-state index contributed by atoms with van der Waals surface area (Å²) in [6.45, 7) is 5.90. The molecule has 0 amide bonds. The Bertz CT molecular complexity index is 270.